The molecule has 1 aromatic rings. The molecular formula is C10H18BrN3. The highest BCUT2D eigenvalue weighted by Gasteiger charge is 2.14. The van der Waals surface area contributed by atoms with Crippen molar-refractivity contribution in [2.24, 2.45) is 5.73 Å². The van der Waals surface area contributed by atoms with Crippen molar-refractivity contribution in [3.8, 4) is 0 Å². The maximum absolute atomic E-state index is 5.81. The van der Waals surface area contributed by atoms with E-state index in [9.17, 15) is 0 Å². The van der Waals surface area contributed by atoms with E-state index in [1.165, 1.54) is 5.69 Å². The van der Waals surface area contributed by atoms with Gasteiger partial charge in [-0.25, -0.2) is 0 Å². The fourth-order valence-corrected chi connectivity index (χ4v) is 2.24. The van der Waals surface area contributed by atoms with Crippen LogP contribution in [0.15, 0.2) is 4.47 Å². The summed E-state index contributed by atoms with van der Waals surface area (Å²) in [6.45, 7) is 7.14. The van der Waals surface area contributed by atoms with Gasteiger partial charge < -0.3 is 5.73 Å². The Morgan fingerprint density at radius 3 is 2.57 bits per heavy atom. The van der Waals surface area contributed by atoms with Gasteiger partial charge in [0.15, 0.2) is 0 Å². The molecular weight excluding hydrogens is 242 g/mol. The Hall–Kier alpha value is -0.350. The van der Waals surface area contributed by atoms with E-state index in [0.29, 0.717) is 0 Å². The van der Waals surface area contributed by atoms with Gasteiger partial charge in [0.25, 0.3) is 0 Å². The molecule has 1 unspecified atom stereocenters. The minimum absolute atomic E-state index is 0.179. The maximum atomic E-state index is 5.81. The predicted octanol–water partition coefficient (Wildman–Crippen LogP) is 2.12. The molecule has 0 amide bonds. The molecule has 0 aromatic carbocycles. The largest absolute Gasteiger partial charge is 0.328 e. The van der Waals surface area contributed by atoms with Gasteiger partial charge in [0.1, 0.15) is 0 Å². The van der Waals surface area contributed by atoms with Crippen molar-refractivity contribution in [1.29, 1.82) is 0 Å². The van der Waals surface area contributed by atoms with Crippen LogP contribution in [-0.4, -0.2) is 15.8 Å². The van der Waals surface area contributed by atoms with Crippen LogP contribution in [-0.2, 0) is 19.4 Å². The monoisotopic (exact) mass is 259 g/mol. The highest BCUT2D eigenvalue weighted by atomic mass is 79.9. The van der Waals surface area contributed by atoms with Gasteiger partial charge >= 0.3 is 0 Å². The van der Waals surface area contributed by atoms with E-state index in [2.05, 4.69) is 34.9 Å². The zero-order valence-electron chi connectivity index (χ0n) is 9.05. The molecule has 1 atom stereocenters. The SMILES string of the molecule is CCc1nn(CC)c(CC(C)N)c1Br. The normalized spacial score (nSPS) is 13.2. The van der Waals surface area contributed by atoms with Crippen molar-refractivity contribution >= 4 is 15.9 Å². The Kier molecular flexibility index (Phi) is 4.13. The molecule has 0 saturated heterocycles. The molecule has 0 saturated carbocycles. The van der Waals surface area contributed by atoms with Crippen LogP contribution >= 0.6 is 15.9 Å². The number of nitrogens with zero attached hydrogens (tertiary/aromatic N) is 2. The van der Waals surface area contributed by atoms with Crippen molar-refractivity contribution in [1.82, 2.24) is 9.78 Å². The van der Waals surface area contributed by atoms with Crippen LogP contribution in [0.5, 0.6) is 0 Å². The van der Waals surface area contributed by atoms with Crippen molar-refractivity contribution in [2.75, 3.05) is 0 Å². The third-order valence-electron chi connectivity index (χ3n) is 2.21. The van der Waals surface area contributed by atoms with Crippen LogP contribution in [0.4, 0.5) is 0 Å². The fraction of sp³-hybridized carbons (Fsp3) is 0.700. The average molecular weight is 260 g/mol. The number of hydrogen-bond donors (Lipinski definition) is 1. The molecule has 1 heterocycles. The summed E-state index contributed by atoms with van der Waals surface area (Å²) >= 11 is 3.59. The van der Waals surface area contributed by atoms with Gasteiger partial charge in [-0.3, -0.25) is 4.68 Å². The molecule has 0 fully saturated rings. The summed E-state index contributed by atoms with van der Waals surface area (Å²) in [4.78, 5) is 0. The van der Waals surface area contributed by atoms with E-state index >= 15 is 0 Å². The lowest BCUT2D eigenvalue weighted by Gasteiger charge is -2.07. The molecule has 0 spiro atoms. The first-order chi connectivity index (χ1) is 6.60. The molecule has 0 aliphatic heterocycles. The molecule has 14 heavy (non-hydrogen) atoms. The number of aromatic nitrogens is 2. The van der Waals surface area contributed by atoms with Gasteiger partial charge in [0.05, 0.1) is 15.9 Å². The zero-order valence-corrected chi connectivity index (χ0v) is 10.6. The summed E-state index contributed by atoms with van der Waals surface area (Å²) in [5.41, 5.74) is 8.15. The van der Waals surface area contributed by atoms with Gasteiger partial charge in [0.2, 0.25) is 0 Å². The molecule has 0 radical (unpaired) electrons. The predicted molar refractivity (Wildman–Crippen MR) is 62.3 cm³/mol. The van der Waals surface area contributed by atoms with Gasteiger partial charge in [-0.2, -0.15) is 5.10 Å². The molecule has 80 valence electrons. The number of aryl methyl sites for hydroxylation is 2. The van der Waals surface area contributed by atoms with Crippen LogP contribution in [0.3, 0.4) is 0 Å². The Labute approximate surface area is 93.8 Å². The highest BCUT2D eigenvalue weighted by molar-refractivity contribution is 9.10. The lowest BCUT2D eigenvalue weighted by molar-refractivity contribution is 0.589. The third-order valence-corrected chi connectivity index (χ3v) is 3.12. The van der Waals surface area contributed by atoms with E-state index in [0.717, 1.165) is 29.6 Å². The molecule has 4 heteroatoms. The van der Waals surface area contributed by atoms with E-state index in [1.807, 2.05) is 11.6 Å². The average Bonchev–Trinajstić information content (AvgIpc) is 2.43. The summed E-state index contributed by atoms with van der Waals surface area (Å²) in [6.07, 6.45) is 1.83. The second kappa shape index (κ2) is 4.94. The van der Waals surface area contributed by atoms with Gasteiger partial charge in [-0.15, -0.1) is 0 Å². The topological polar surface area (TPSA) is 43.8 Å². The van der Waals surface area contributed by atoms with Crippen molar-refractivity contribution in [2.45, 2.75) is 46.2 Å². The number of halogens is 1. The summed E-state index contributed by atoms with van der Waals surface area (Å²) in [6, 6.07) is 0.179. The number of rotatable bonds is 4. The van der Waals surface area contributed by atoms with Crippen LogP contribution in [0.2, 0.25) is 0 Å². The Balaban J connectivity index is 3.04. The van der Waals surface area contributed by atoms with Gasteiger partial charge in [0, 0.05) is 19.0 Å². The minimum atomic E-state index is 0.179. The fourth-order valence-electron chi connectivity index (χ4n) is 1.52. The number of hydrogen-bond acceptors (Lipinski definition) is 2. The first-order valence-electron chi connectivity index (χ1n) is 5.09. The Morgan fingerprint density at radius 1 is 1.50 bits per heavy atom. The lowest BCUT2D eigenvalue weighted by atomic mass is 10.2. The number of nitrogens with two attached hydrogens (primary N) is 1. The van der Waals surface area contributed by atoms with Crippen LogP contribution in [0.25, 0.3) is 0 Å². The van der Waals surface area contributed by atoms with Gasteiger partial charge in [-0.05, 0) is 36.2 Å². The summed E-state index contributed by atoms with van der Waals surface area (Å²) < 4.78 is 3.17. The molecule has 2 N–H and O–H groups in total. The highest BCUT2D eigenvalue weighted by Crippen LogP contribution is 2.23. The molecule has 1 aromatic heterocycles. The summed E-state index contributed by atoms with van der Waals surface area (Å²) in [7, 11) is 0. The third kappa shape index (κ3) is 2.36. The Bertz CT molecular complexity index is 305. The van der Waals surface area contributed by atoms with Crippen LogP contribution < -0.4 is 5.73 Å². The second-order valence-electron chi connectivity index (χ2n) is 3.56. The van der Waals surface area contributed by atoms with E-state index < -0.39 is 0 Å². The lowest BCUT2D eigenvalue weighted by Crippen LogP contribution is -2.20. The van der Waals surface area contributed by atoms with Crippen molar-refractivity contribution in [3.63, 3.8) is 0 Å². The molecule has 0 aliphatic carbocycles. The molecule has 0 aliphatic rings. The van der Waals surface area contributed by atoms with Crippen LogP contribution in [0, 0.1) is 0 Å². The standard InChI is InChI=1S/C10H18BrN3/c1-4-8-10(11)9(6-7(3)12)14(5-2)13-8/h7H,4-6,12H2,1-3H3. The molecule has 1 rings (SSSR count). The minimum Gasteiger partial charge on any atom is -0.328 e. The zero-order chi connectivity index (χ0) is 10.7. The van der Waals surface area contributed by atoms with Crippen molar-refractivity contribution < 1.29 is 0 Å². The van der Waals surface area contributed by atoms with E-state index in [1.54, 1.807) is 0 Å². The second-order valence-corrected chi connectivity index (χ2v) is 4.35. The van der Waals surface area contributed by atoms with Gasteiger partial charge in [-0.1, -0.05) is 6.92 Å². The maximum Gasteiger partial charge on any atom is 0.0766 e. The first kappa shape index (κ1) is 11.7. The van der Waals surface area contributed by atoms with Crippen LogP contribution in [0.1, 0.15) is 32.2 Å². The Morgan fingerprint density at radius 2 is 2.14 bits per heavy atom. The summed E-state index contributed by atoms with van der Waals surface area (Å²) in [5, 5.41) is 4.51. The smallest absolute Gasteiger partial charge is 0.0766 e. The molecule has 3 nitrogen and oxygen atoms in total. The molecule has 0 bridgehead atoms. The summed E-state index contributed by atoms with van der Waals surface area (Å²) in [5.74, 6) is 0. The first-order valence-corrected chi connectivity index (χ1v) is 5.89. The van der Waals surface area contributed by atoms with E-state index in [-0.39, 0.29) is 6.04 Å². The van der Waals surface area contributed by atoms with Crippen molar-refractivity contribution in [3.05, 3.63) is 15.9 Å². The van der Waals surface area contributed by atoms with E-state index in [4.69, 9.17) is 5.73 Å². The quantitative estimate of drug-likeness (QED) is 0.901.